The van der Waals surface area contributed by atoms with Crippen LogP contribution in [-0.4, -0.2) is 49.7 Å². The zero-order chi connectivity index (χ0) is 21.2. The molecule has 3 rings (SSSR count). The summed E-state index contributed by atoms with van der Waals surface area (Å²) in [7, 11) is 0. The maximum Gasteiger partial charge on any atom is 0.422 e. The fourth-order valence-corrected chi connectivity index (χ4v) is 2.65. The van der Waals surface area contributed by atoms with Crippen LogP contribution in [0, 0.1) is 6.92 Å². The van der Waals surface area contributed by atoms with Crippen LogP contribution in [0.5, 0.6) is 5.88 Å². The average Bonchev–Trinajstić information content (AvgIpc) is 3.01. The predicted molar refractivity (Wildman–Crippen MR) is 97.6 cm³/mol. The van der Waals surface area contributed by atoms with Crippen LogP contribution in [0.25, 0.3) is 10.9 Å². The van der Waals surface area contributed by atoms with Crippen LogP contribution in [-0.2, 0) is 6.54 Å². The molecular weight excluding hydrogens is 389 g/mol. The summed E-state index contributed by atoms with van der Waals surface area (Å²) >= 11 is 0. The molecule has 0 bridgehead atoms. The van der Waals surface area contributed by atoms with E-state index >= 15 is 0 Å². The molecule has 1 amide bonds. The molecule has 0 fully saturated rings. The van der Waals surface area contributed by atoms with Crippen LogP contribution >= 0.6 is 0 Å². The Morgan fingerprint density at radius 2 is 2.07 bits per heavy atom. The van der Waals surface area contributed by atoms with E-state index in [1.807, 2.05) is 13.8 Å². The van der Waals surface area contributed by atoms with Crippen LogP contribution in [0.15, 0.2) is 24.5 Å². The molecule has 0 aromatic carbocycles. The number of aryl methyl sites for hydroxylation is 1. The fraction of sp³-hybridized carbons (Fsp3) is 0.389. The number of alkyl halides is 3. The first-order chi connectivity index (χ1) is 13.6. The highest BCUT2D eigenvalue weighted by Gasteiger charge is 2.29. The van der Waals surface area contributed by atoms with Crippen LogP contribution < -0.4 is 10.1 Å². The number of hydrogen-bond donors (Lipinski definition) is 1. The Kier molecular flexibility index (Phi) is 5.66. The molecule has 0 saturated carbocycles. The molecule has 3 aromatic rings. The lowest BCUT2D eigenvalue weighted by Gasteiger charge is -2.10. The van der Waals surface area contributed by atoms with Gasteiger partial charge in [0.15, 0.2) is 6.61 Å². The molecule has 3 aromatic heterocycles. The average molecular weight is 408 g/mol. The molecule has 0 atom stereocenters. The Morgan fingerprint density at radius 1 is 1.31 bits per heavy atom. The Bertz CT molecular complexity index is 1030. The summed E-state index contributed by atoms with van der Waals surface area (Å²) in [4.78, 5) is 16.5. The van der Waals surface area contributed by atoms with Gasteiger partial charge in [0.05, 0.1) is 23.1 Å². The third-order valence-corrected chi connectivity index (χ3v) is 3.80. The quantitative estimate of drug-likeness (QED) is 0.674. The van der Waals surface area contributed by atoms with Gasteiger partial charge in [0.25, 0.3) is 5.91 Å². The standard InChI is InChI=1S/C18H19F3N6O2/c1-10(2)23-16(28)15-13-8-27(26-14(13)4-5-22-15)7-12-6-11(3)17(25-24-12)29-9-18(19,20)21/h4-6,8,10H,7,9H2,1-3H3,(H,23,28). The Balaban J connectivity index is 1.80. The first-order valence-corrected chi connectivity index (χ1v) is 8.78. The number of carbonyl (C=O) groups excluding carboxylic acids is 1. The number of amides is 1. The zero-order valence-electron chi connectivity index (χ0n) is 16.0. The Hall–Kier alpha value is -3.24. The summed E-state index contributed by atoms with van der Waals surface area (Å²) in [5.74, 6) is -0.472. The van der Waals surface area contributed by atoms with Crippen LogP contribution in [0.4, 0.5) is 13.2 Å². The molecule has 29 heavy (non-hydrogen) atoms. The van der Waals surface area contributed by atoms with Crippen molar-refractivity contribution in [2.24, 2.45) is 0 Å². The molecule has 0 saturated heterocycles. The molecule has 11 heteroatoms. The number of ether oxygens (including phenoxy) is 1. The molecule has 0 unspecified atom stereocenters. The largest absolute Gasteiger partial charge is 0.467 e. The molecule has 0 aliphatic heterocycles. The molecule has 1 N–H and O–H groups in total. The number of aromatic nitrogens is 5. The normalized spacial score (nSPS) is 11.8. The smallest absolute Gasteiger partial charge is 0.422 e. The van der Waals surface area contributed by atoms with Gasteiger partial charge in [-0.3, -0.25) is 14.5 Å². The number of nitrogens with one attached hydrogen (secondary N) is 1. The van der Waals surface area contributed by atoms with Crippen molar-refractivity contribution in [1.82, 2.24) is 30.3 Å². The number of rotatable bonds is 6. The Labute approximate surface area is 164 Å². The summed E-state index contributed by atoms with van der Waals surface area (Å²) in [5.41, 5.74) is 1.76. The van der Waals surface area contributed by atoms with Crippen molar-refractivity contribution in [2.75, 3.05) is 6.61 Å². The second kappa shape index (κ2) is 8.02. The van der Waals surface area contributed by atoms with Gasteiger partial charge in [-0.1, -0.05) is 0 Å². The first kappa shape index (κ1) is 20.5. The molecule has 0 spiro atoms. The van der Waals surface area contributed by atoms with Crippen molar-refractivity contribution in [1.29, 1.82) is 0 Å². The maximum absolute atomic E-state index is 12.3. The number of hydrogen-bond acceptors (Lipinski definition) is 6. The summed E-state index contributed by atoms with van der Waals surface area (Å²) < 4.78 is 43.1. The molecular formula is C18H19F3N6O2. The van der Waals surface area contributed by atoms with Crippen molar-refractivity contribution in [2.45, 2.75) is 39.5 Å². The molecule has 0 aliphatic rings. The van der Waals surface area contributed by atoms with Gasteiger partial charge in [-0.15, -0.1) is 10.2 Å². The summed E-state index contributed by atoms with van der Waals surface area (Å²) in [5, 5.41) is 15.4. The lowest BCUT2D eigenvalue weighted by atomic mass is 10.2. The third kappa shape index (κ3) is 5.18. The van der Waals surface area contributed by atoms with E-state index in [0.29, 0.717) is 22.2 Å². The summed E-state index contributed by atoms with van der Waals surface area (Å²) in [6.45, 7) is 4.07. The van der Waals surface area contributed by atoms with E-state index in [0.717, 1.165) is 0 Å². The second-order valence-corrected chi connectivity index (χ2v) is 6.77. The lowest BCUT2D eigenvalue weighted by Crippen LogP contribution is -2.30. The molecule has 3 heterocycles. The predicted octanol–water partition coefficient (Wildman–Crippen LogP) is 2.66. The van der Waals surface area contributed by atoms with E-state index < -0.39 is 12.8 Å². The highest BCUT2D eigenvalue weighted by atomic mass is 19.4. The summed E-state index contributed by atoms with van der Waals surface area (Å²) in [6.07, 6.45) is -1.27. The van der Waals surface area contributed by atoms with E-state index in [-0.39, 0.29) is 30.1 Å². The molecule has 8 nitrogen and oxygen atoms in total. The minimum atomic E-state index is -4.45. The minimum Gasteiger partial charge on any atom is -0.467 e. The number of pyridine rings is 1. The van der Waals surface area contributed by atoms with Gasteiger partial charge in [-0.05, 0) is 32.9 Å². The van der Waals surface area contributed by atoms with Crippen LogP contribution in [0.2, 0.25) is 0 Å². The van der Waals surface area contributed by atoms with E-state index in [9.17, 15) is 18.0 Å². The van der Waals surface area contributed by atoms with E-state index in [2.05, 4.69) is 30.3 Å². The summed E-state index contributed by atoms with van der Waals surface area (Å²) in [6, 6.07) is 3.23. The van der Waals surface area contributed by atoms with Gasteiger partial charge in [0, 0.05) is 24.0 Å². The van der Waals surface area contributed by atoms with E-state index in [1.165, 1.54) is 6.20 Å². The number of carbonyl (C=O) groups is 1. The second-order valence-electron chi connectivity index (χ2n) is 6.77. The van der Waals surface area contributed by atoms with E-state index in [1.54, 1.807) is 29.9 Å². The highest BCUT2D eigenvalue weighted by Crippen LogP contribution is 2.20. The molecule has 154 valence electrons. The minimum absolute atomic E-state index is 0.0362. The third-order valence-electron chi connectivity index (χ3n) is 3.80. The zero-order valence-corrected chi connectivity index (χ0v) is 16.0. The van der Waals surface area contributed by atoms with Crippen molar-refractivity contribution >= 4 is 16.8 Å². The van der Waals surface area contributed by atoms with Gasteiger partial charge >= 0.3 is 6.18 Å². The van der Waals surface area contributed by atoms with Crippen LogP contribution in [0.3, 0.4) is 0 Å². The van der Waals surface area contributed by atoms with Crippen LogP contribution in [0.1, 0.15) is 35.6 Å². The van der Waals surface area contributed by atoms with Gasteiger partial charge in [-0.25, -0.2) is 0 Å². The SMILES string of the molecule is Cc1cc(Cn2cc3c(C(=O)NC(C)C)nccc3n2)nnc1OCC(F)(F)F. The highest BCUT2D eigenvalue weighted by molar-refractivity contribution is 6.04. The Morgan fingerprint density at radius 3 is 2.72 bits per heavy atom. The fourth-order valence-electron chi connectivity index (χ4n) is 2.65. The van der Waals surface area contributed by atoms with Crippen molar-refractivity contribution in [3.63, 3.8) is 0 Å². The van der Waals surface area contributed by atoms with Gasteiger partial charge in [-0.2, -0.15) is 18.3 Å². The number of fused-ring (bicyclic) bond motifs is 1. The van der Waals surface area contributed by atoms with Gasteiger partial charge < -0.3 is 10.1 Å². The van der Waals surface area contributed by atoms with Gasteiger partial charge in [0.2, 0.25) is 5.88 Å². The van der Waals surface area contributed by atoms with Crippen molar-refractivity contribution < 1.29 is 22.7 Å². The van der Waals surface area contributed by atoms with Crippen molar-refractivity contribution in [3.8, 4) is 5.88 Å². The monoisotopic (exact) mass is 408 g/mol. The van der Waals surface area contributed by atoms with Gasteiger partial charge in [0.1, 0.15) is 5.69 Å². The molecule has 0 aliphatic carbocycles. The lowest BCUT2D eigenvalue weighted by molar-refractivity contribution is -0.154. The van der Waals surface area contributed by atoms with Crippen molar-refractivity contribution in [3.05, 3.63) is 41.5 Å². The first-order valence-electron chi connectivity index (χ1n) is 8.78. The number of nitrogens with zero attached hydrogens (tertiary/aromatic N) is 5. The van der Waals surface area contributed by atoms with E-state index in [4.69, 9.17) is 0 Å². The molecule has 0 radical (unpaired) electrons. The number of halogens is 3. The topological polar surface area (TPSA) is 94.8 Å². The maximum atomic E-state index is 12.3.